The first-order valence-electron chi connectivity index (χ1n) is 8.02. The molecule has 3 aliphatic rings. The Morgan fingerprint density at radius 2 is 1.96 bits per heavy atom. The van der Waals surface area contributed by atoms with Crippen molar-refractivity contribution in [1.29, 1.82) is 0 Å². The normalized spacial score (nSPS) is 28.3. The summed E-state index contributed by atoms with van der Waals surface area (Å²) >= 11 is 0. The highest BCUT2D eigenvalue weighted by atomic mass is 32.3. The molecule has 10 nitrogen and oxygen atoms in total. The van der Waals surface area contributed by atoms with Gasteiger partial charge >= 0.3 is 16.4 Å². The summed E-state index contributed by atoms with van der Waals surface area (Å²) in [5, 5.41) is 7.02. The summed E-state index contributed by atoms with van der Waals surface area (Å²) in [6, 6.07) is -1.51. The van der Waals surface area contributed by atoms with Crippen molar-refractivity contribution in [2.24, 2.45) is 0 Å². The molecular weight excluding hydrogens is 340 g/mol. The molecule has 0 unspecified atom stereocenters. The van der Waals surface area contributed by atoms with Gasteiger partial charge in [-0.2, -0.15) is 13.5 Å². The fourth-order valence-corrected chi connectivity index (χ4v) is 3.84. The van der Waals surface area contributed by atoms with Crippen molar-refractivity contribution in [3.8, 4) is 0 Å². The molecular formula is C13H22N4O6S. The van der Waals surface area contributed by atoms with Crippen LogP contribution in [0.2, 0.25) is 0 Å². The molecule has 3 heterocycles. The molecule has 3 rings (SSSR count). The van der Waals surface area contributed by atoms with Crippen molar-refractivity contribution in [3.05, 3.63) is 0 Å². The maximum absolute atomic E-state index is 12.5. The highest BCUT2D eigenvalue weighted by molar-refractivity contribution is 7.81. The Balaban J connectivity index is 1.64. The van der Waals surface area contributed by atoms with Crippen LogP contribution in [-0.2, 0) is 23.7 Å². The summed E-state index contributed by atoms with van der Waals surface area (Å²) in [4.78, 5) is 26.3. The fraction of sp³-hybridized carbons (Fsp3) is 0.846. The van der Waals surface area contributed by atoms with Crippen molar-refractivity contribution in [3.63, 3.8) is 0 Å². The van der Waals surface area contributed by atoms with E-state index in [-0.39, 0.29) is 18.5 Å². The quantitative estimate of drug-likeness (QED) is 0.640. The van der Waals surface area contributed by atoms with Crippen LogP contribution >= 0.6 is 0 Å². The molecule has 0 radical (unpaired) electrons. The minimum atomic E-state index is -4.26. The molecule has 0 aromatic heterocycles. The Hall–Kier alpha value is -1.43. The molecule has 3 fully saturated rings. The van der Waals surface area contributed by atoms with Gasteiger partial charge in [-0.15, -0.1) is 4.28 Å². The second-order valence-corrected chi connectivity index (χ2v) is 7.49. The number of hydrogen-bond donors (Lipinski definition) is 2. The van der Waals surface area contributed by atoms with Crippen LogP contribution in [0.25, 0.3) is 0 Å². The lowest BCUT2D eigenvalue weighted by Crippen LogP contribution is -2.53. The molecule has 0 spiro atoms. The molecule has 2 atom stereocenters. The number of nitrogens with zero attached hydrogens (tertiary/aromatic N) is 2. The molecule has 3 saturated heterocycles. The van der Waals surface area contributed by atoms with Crippen LogP contribution < -0.4 is 10.6 Å². The molecule has 24 heavy (non-hydrogen) atoms. The summed E-state index contributed by atoms with van der Waals surface area (Å²) in [6.07, 6.45) is 2.68. The smallest absolute Gasteiger partial charge is 0.351 e. The van der Waals surface area contributed by atoms with Gasteiger partial charge in [0.15, 0.2) is 0 Å². The molecule has 0 saturated carbocycles. The van der Waals surface area contributed by atoms with Crippen molar-refractivity contribution in [1.82, 2.24) is 20.6 Å². The van der Waals surface area contributed by atoms with Crippen LogP contribution in [0, 0.1) is 0 Å². The van der Waals surface area contributed by atoms with Gasteiger partial charge in [-0.1, -0.05) is 0 Å². The molecule has 11 heteroatoms. The second-order valence-electron chi connectivity index (χ2n) is 6.19. The van der Waals surface area contributed by atoms with Crippen molar-refractivity contribution < 1.29 is 26.5 Å². The number of rotatable bonds is 5. The molecule has 0 aromatic rings. The third-order valence-electron chi connectivity index (χ3n) is 4.69. The maximum Gasteiger partial charge on any atom is 0.420 e. The summed E-state index contributed by atoms with van der Waals surface area (Å²) in [5.41, 5.74) is 0. The molecule has 0 aliphatic carbocycles. The molecule has 3 amide bonds. The Morgan fingerprint density at radius 3 is 2.62 bits per heavy atom. The van der Waals surface area contributed by atoms with Crippen LogP contribution in [0.5, 0.6) is 0 Å². The summed E-state index contributed by atoms with van der Waals surface area (Å²) < 4.78 is 31.8. The highest BCUT2D eigenvalue weighted by Gasteiger charge is 2.49. The van der Waals surface area contributed by atoms with Gasteiger partial charge in [-0.05, 0) is 38.8 Å². The van der Waals surface area contributed by atoms with Gasteiger partial charge in [0, 0.05) is 12.6 Å². The SMILES string of the molecule is COS(=O)(=O)ON1C(=O)N2C[C@H]1CC[C@H]2C(=O)NC1CCNCC1. The van der Waals surface area contributed by atoms with Crippen molar-refractivity contribution >= 4 is 22.3 Å². The van der Waals surface area contributed by atoms with Crippen LogP contribution in [0.15, 0.2) is 0 Å². The fourth-order valence-electron chi connectivity index (χ4n) is 3.40. The average Bonchev–Trinajstić information content (AvgIpc) is 2.80. The topological polar surface area (TPSA) is 117 Å². The third-order valence-corrected chi connectivity index (χ3v) is 5.44. The van der Waals surface area contributed by atoms with Gasteiger partial charge in [0.25, 0.3) is 0 Å². The van der Waals surface area contributed by atoms with E-state index in [1.165, 1.54) is 4.90 Å². The molecule has 136 valence electrons. The zero-order chi connectivity index (χ0) is 17.3. The van der Waals surface area contributed by atoms with Crippen LogP contribution in [0.4, 0.5) is 4.79 Å². The number of hydrogen-bond acceptors (Lipinski definition) is 7. The van der Waals surface area contributed by atoms with Gasteiger partial charge in [0.05, 0.1) is 13.2 Å². The Labute approximate surface area is 140 Å². The maximum atomic E-state index is 12.5. The second kappa shape index (κ2) is 6.82. The first kappa shape index (κ1) is 17.4. The van der Waals surface area contributed by atoms with E-state index >= 15 is 0 Å². The van der Waals surface area contributed by atoms with Gasteiger partial charge in [0.1, 0.15) is 6.04 Å². The van der Waals surface area contributed by atoms with Gasteiger partial charge in [-0.3, -0.25) is 8.98 Å². The number of carbonyl (C=O) groups excluding carboxylic acids is 2. The zero-order valence-corrected chi connectivity index (χ0v) is 14.3. The summed E-state index contributed by atoms with van der Waals surface area (Å²) in [7, 11) is -3.31. The first-order chi connectivity index (χ1) is 11.4. The number of fused-ring (bicyclic) bond motifs is 2. The van der Waals surface area contributed by atoms with Gasteiger partial charge in [0.2, 0.25) is 5.91 Å². The molecule has 2 N–H and O–H groups in total. The van der Waals surface area contributed by atoms with Gasteiger partial charge < -0.3 is 15.5 Å². The van der Waals surface area contributed by atoms with E-state index in [0.717, 1.165) is 38.1 Å². The lowest BCUT2D eigenvalue weighted by atomic mass is 9.99. The average molecular weight is 362 g/mol. The minimum absolute atomic E-state index is 0.107. The highest BCUT2D eigenvalue weighted by Crippen LogP contribution is 2.31. The molecule has 0 aromatic carbocycles. The zero-order valence-electron chi connectivity index (χ0n) is 13.4. The predicted octanol–water partition coefficient (Wildman–Crippen LogP) is -1.05. The van der Waals surface area contributed by atoms with E-state index in [1.54, 1.807) is 0 Å². The lowest BCUT2D eigenvalue weighted by molar-refractivity contribution is -0.127. The van der Waals surface area contributed by atoms with E-state index in [2.05, 4.69) is 14.8 Å². The summed E-state index contributed by atoms with van der Waals surface area (Å²) in [5.74, 6) is -0.190. The largest absolute Gasteiger partial charge is 0.420 e. The third kappa shape index (κ3) is 3.48. The number of piperidine rings is 2. The number of carbonyl (C=O) groups is 2. The molecule has 3 aliphatic heterocycles. The van der Waals surface area contributed by atoms with Crippen LogP contribution in [0.1, 0.15) is 25.7 Å². The van der Waals surface area contributed by atoms with Crippen molar-refractivity contribution in [2.75, 3.05) is 26.7 Å². The number of hydroxylamine groups is 2. The minimum Gasteiger partial charge on any atom is -0.351 e. The lowest BCUT2D eigenvalue weighted by Gasteiger charge is -2.32. The predicted molar refractivity (Wildman–Crippen MR) is 81.8 cm³/mol. The van der Waals surface area contributed by atoms with E-state index in [1.807, 2.05) is 0 Å². The van der Waals surface area contributed by atoms with E-state index in [0.29, 0.717) is 12.8 Å². The standard InChI is InChI=1S/C13H22N4O6S/c1-22-24(20,21)23-17-10-2-3-11(16(8-10)13(17)19)12(18)15-9-4-6-14-7-5-9/h9-11,14H,2-8H2,1H3,(H,15,18)/t10-,11+/m1/s1. The monoisotopic (exact) mass is 362 g/mol. The van der Waals surface area contributed by atoms with E-state index < -0.39 is 28.5 Å². The number of nitrogens with one attached hydrogen (secondary N) is 2. The first-order valence-corrected chi connectivity index (χ1v) is 9.35. The number of amides is 3. The Morgan fingerprint density at radius 1 is 1.25 bits per heavy atom. The van der Waals surface area contributed by atoms with Crippen LogP contribution in [-0.4, -0.2) is 75.2 Å². The van der Waals surface area contributed by atoms with E-state index in [9.17, 15) is 18.0 Å². The Kier molecular flexibility index (Phi) is 4.95. The number of urea groups is 1. The van der Waals surface area contributed by atoms with Crippen LogP contribution in [0.3, 0.4) is 0 Å². The van der Waals surface area contributed by atoms with Crippen molar-refractivity contribution in [2.45, 2.75) is 43.8 Å². The summed E-state index contributed by atoms with van der Waals surface area (Å²) in [6.45, 7) is 1.98. The Bertz CT molecular complexity index is 606. The van der Waals surface area contributed by atoms with Gasteiger partial charge in [-0.25, -0.2) is 4.79 Å². The molecule has 2 bridgehead atoms. The van der Waals surface area contributed by atoms with E-state index in [4.69, 9.17) is 4.28 Å².